The number of nitrogens with one attached hydrogen (secondary N) is 2. The van der Waals surface area contributed by atoms with E-state index in [-0.39, 0.29) is 6.54 Å². The average Bonchev–Trinajstić information content (AvgIpc) is 2.12. The molecule has 14 heavy (non-hydrogen) atoms. The van der Waals surface area contributed by atoms with E-state index in [0.717, 1.165) is 7.11 Å². The number of carbonyl (C=O) groups is 1. The lowest BCUT2D eigenvalue weighted by Crippen LogP contribution is -2.40. The molecule has 0 saturated carbocycles. The van der Waals surface area contributed by atoms with Gasteiger partial charge in [0.1, 0.15) is 0 Å². The van der Waals surface area contributed by atoms with Crippen LogP contribution in [0.1, 0.15) is 13.3 Å². The number of methoxy groups -OCH3 is 1. The molecule has 6 nitrogen and oxygen atoms in total. The fourth-order valence-corrected chi connectivity index (χ4v) is 1.31. The van der Waals surface area contributed by atoms with Crippen LogP contribution in [0.25, 0.3) is 0 Å². The minimum atomic E-state index is -3.82. The zero-order chi connectivity index (χ0) is 11.0. The Morgan fingerprint density at radius 2 is 2.14 bits per heavy atom. The normalized spacial score (nSPS) is 9.86. The van der Waals surface area contributed by atoms with Gasteiger partial charge in [-0.05, 0) is 6.92 Å². The molecule has 0 radical (unpaired) electrons. The van der Waals surface area contributed by atoms with Crippen molar-refractivity contribution in [3.8, 4) is 11.8 Å². The third kappa shape index (κ3) is 6.28. The Morgan fingerprint density at radius 3 is 2.64 bits per heavy atom. The number of hydrogen-bond donors (Lipinski definition) is 2. The quantitative estimate of drug-likeness (QED) is 0.498. The minimum absolute atomic E-state index is 0.146. The molecule has 0 heterocycles. The number of carbonyl (C=O) groups excluding carboxylic acids is 1. The summed E-state index contributed by atoms with van der Waals surface area (Å²) < 4.78 is 29.9. The highest BCUT2D eigenvalue weighted by atomic mass is 32.2. The zero-order valence-corrected chi connectivity index (χ0v) is 8.77. The molecule has 0 unspecified atom stereocenters. The van der Waals surface area contributed by atoms with Gasteiger partial charge in [-0.15, -0.1) is 11.8 Å². The lowest BCUT2D eigenvalue weighted by molar-refractivity contribution is 0.177. The van der Waals surface area contributed by atoms with E-state index in [1.807, 2.05) is 0 Å². The van der Waals surface area contributed by atoms with Gasteiger partial charge in [-0.3, -0.25) is 0 Å². The number of hydrogen-bond acceptors (Lipinski definition) is 4. The maximum absolute atomic E-state index is 11.0. The van der Waals surface area contributed by atoms with Crippen LogP contribution in [0.2, 0.25) is 0 Å². The summed E-state index contributed by atoms with van der Waals surface area (Å²) in [6, 6.07) is 0. The lowest BCUT2D eigenvalue weighted by atomic mass is 10.4. The molecule has 0 aliphatic heterocycles. The summed E-state index contributed by atoms with van der Waals surface area (Å²) in [6.45, 7) is 1.80. The Hall–Kier alpha value is -1.26. The first kappa shape index (κ1) is 12.7. The molecular weight excluding hydrogens is 208 g/mol. The van der Waals surface area contributed by atoms with E-state index in [2.05, 4.69) is 21.3 Å². The van der Waals surface area contributed by atoms with Crippen molar-refractivity contribution in [3.63, 3.8) is 0 Å². The second kappa shape index (κ2) is 6.23. The van der Waals surface area contributed by atoms with Gasteiger partial charge >= 0.3 is 16.3 Å². The predicted molar refractivity (Wildman–Crippen MR) is 50.5 cm³/mol. The van der Waals surface area contributed by atoms with E-state index in [4.69, 9.17) is 0 Å². The molecule has 0 atom stereocenters. The SMILES string of the molecule is CC#CCCNS(=O)(=O)NC(=O)OC. The molecule has 0 fully saturated rings. The molecule has 1 amide bonds. The third-order valence-electron chi connectivity index (χ3n) is 1.12. The topological polar surface area (TPSA) is 84.5 Å². The van der Waals surface area contributed by atoms with Crippen LogP contribution in [-0.2, 0) is 14.9 Å². The molecule has 0 aromatic heterocycles. The van der Waals surface area contributed by atoms with Crippen molar-refractivity contribution in [3.05, 3.63) is 0 Å². The minimum Gasteiger partial charge on any atom is -0.452 e. The molecule has 0 saturated heterocycles. The van der Waals surface area contributed by atoms with E-state index < -0.39 is 16.3 Å². The van der Waals surface area contributed by atoms with Gasteiger partial charge in [-0.2, -0.15) is 13.1 Å². The first-order valence-electron chi connectivity index (χ1n) is 3.77. The highest BCUT2D eigenvalue weighted by Gasteiger charge is 2.12. The van der Waals surface area contributed by atoms with E-state index >= 15 is 0 Å². The molecule has 2 N–H and O–H groups in total. The van der Waals surface area contributed by atoms with Crippen LogP contribution in [0, 0.1) is 11.8 Å². The number of amides is 1. The Labute approximate surface area is 83.2 Å². The van der Waals surface area contributed by atoms with E-state index in [0.29, 0.717) is 6.42 Å². The van der Waals surface area contributed by atoms with Crippen molar-refractivity contribution in [2.45, 2.75) is 13.3 Å². The molecule has 0 aliphatic rings. The fourth-order valence-electron chi connectivity index (χ4n) is 0.560. The van der Waals surface area contributed by atoms with Gasteiger partial charge in [0, 0.05) is 13.0 Å². The maximum Gasteiger partial charge on any atom is 0.421 e. The molecule has 0 aliphatic carbocycles. The zero-order valence-electron chi connectivity index (χ0n) is 7.96. The molecule has 0 rings (SSSR count). The molecule has 0 bridgehead atoms. The van der Waals surface area contributed by atoms with Gasteiger partial charge in [0.25, 0.3) is 0 Å². The molecule has 7 heteroatoms. The molecular formula is C7H12N2O4S. The van der Waals surface area contributed by atoms with Crippen LogP contribution in [0.15, 0.2) is 0 Å². The van der Waals surface area contributed by atoms with Crippen LogP contribution < -0.4 is 9.44 Å². The van der Waals surface area contributed by atoms with Crippen molar-refractivity contribution in [2.24, 2.45) is 0 Å². The largest absolute Gasteiger partial charge is 0.452 e. The number of ether oxygens (including phenoxy) is 1. The summed E-state index contributed by atoms with van der Waals surface area (Å²) in [6.07, 6.45) is -0.641. The number of rotatable bonds is 4. The van der Waals surface area contributed by atoms with Crippen molar-refractivity contribution in [1.82, 2.24) is 9.44 Å². The van der Waals surface area contributed by atoms with Gasteiger partial charge < -0.3 is 4.74 Å². The summed E-state index contributed by atoms with van der Waals surface area (Å²) >= 11 is 0. The average molecular weight is 220 g/mol. The van der Waals surface area contributed by atoms with Crippen LogP contribution >= 0.6 is 0 Å². The first-order valence-corrected chi connectivity index (χ1v) is 5.25. The van der Waals surface area contributed by atoms with Crippen molar-refractivity contribution >= 4 is 16.3 Å². The fraction of sp³-hybridized carbons (Fsp3) is 0.571. The maximum atomic E-state index is 11.0. The summed E-state index contributed by atoms with van der Waals surface area (Å²) in [4.78, 5) is 10.5. The molecule has 0 aromatic carbocycles. The summed E-state index contributed by atoms with van der Waals surface area (Å²) in [5, 5.41) is 0. The second-order valence-corrected chi connectivity index (χ2v) is 3.67. The highest BCUT2D eigenvalue weighted by molar-refractivity contribution is 7.88. The van der Waals surface area contributed by atoms with Crippen molar-refractivity contribution in [1.29, 1.82) is 0 Å². The smallest absolute Gasteiger partial charge is 0.421 e. The van der Waals surface area contributed by atoms with Crippen LogP contribution in [-0.4, -0.2) is 28.2 Å². The Morgan fingerprint density at radius 1 is 1.50 bits per heavy atom. The Kier molecular flexibility index (Phi) is 5.67. The van der Waals surface area contributed by atoms with Crippen LogP contribution in [0.3, 0.4) is 0 Å². The van der Waals surface area contributed by atoms with Gasteiger partial charge in [-0.1, -0.05) is 0 Å². The monoisotopic (exact) mass is 220 g/mol. The van der Waals surface area contributed by atoms with Gasteiger partial charge in [0.15, 0.2) is 0 Å². The van der Waals surface area contributed by atoms with Crippen LogP contribution in [0.4, 0.5) is 4.79 Å². The Balaban J connectivity index is 3.94. The lowest BCUT2D eigenvalue weighted by Gasteiger charge is -2.05. The summed E-state index contributed by atoms with van der Waals surface area (Å²) in [7, 11) is -2.74. The van der Waals surface area contributed by atoms with Crippen molar-refractivity contribution in [2.75, 3.05) is 13.7 Å². The van der Waals surface area contributed by atoms with Gasteiger partial charge in [-0.25, -0.2) is 9.52 Å². The first-order chi connectivity index (χ1) is 6.52. The van der Waals surface area contributed by atoms with E-state index in [9.17, 15) is 13.2 Å². The van der Waals surface area contributed by atoms with Gasteiger partial charge in [0.2, 0.25) is 0 Å². The molecule has 80 valence electrons. The third-order valence-corrected chi connectivity index (χ3v) is 2.14. The molecule has 0 aromatic rings. The standard InChI is InChI=1S/C7H12N2O4S/c1-3-4-5-6-8-14(11,12)9-7(10)13-2/h8H,5-6H2,1-2H3,(H,9,10). The second-order valence-electron chi connectivity index (χ2n) is 2.17. The van der Waals surface area contributed by atoms with Crippen LogP contribution in [0.5, 0.6) is 0 Å². The van der Waals surface area contributed by atoms with Crippen molar-refractivity contribution < 1.29 is 17.9 Å². The summed E-state index contributed by atoms with van der Waals surface area (Å²) in [5.41, 5.74) is 0. The van der Waals surface area contributed by atoms with E-state index in [1.54, 1.807) is 11.6 Å². The highest BCUT2D eigenvalue weighted by Crippen LogP contribution is 1.81. The van der Waals surface area contributed by atoms with Gasteiger partial charge in [0.05, 0.1) is 7.11 Å². The van der Waals surface area contributed by atoms with E-state index in [1.165, 1.54) is 0 Å². The predicted octanol–water partition coefficient (Wildman–Crippen LogP) is -0.410. The summed E-state index contributed by atoms with van der Waals surface area (Å²) in [5.74, 6) is 5.28. The Bertz CT molecular complexity index is 338. The molecule has 0 spiro atoms.